The Balaban J connectivity index is 2.53. The van der Waals surface area contributed by atoms with Crippen molar-refractivity contribution in [2.24, 2.45) is 0 Å². The van der Waals surface area contributed by atoms with Crippen molar-refractivity contribution in [3.8, 4) is 0 Å². The summed E-state index contributed by atoms with van der Waals surface area (Å²) in [7, 11) is 1.72. The molecule has 0 aliphatic carbocycles. The molecule has 5 heteroatoms. The van der Waals surface area contributed by atoms with Crippen LogP contribution in [-0.2, 0) is 0 Å². The summed E-state index contributed by atoms with van der Waals surface area (Å²) in [6.45, 7) is 3.41. The van der Waals surface area contributed by atoms with E-state index in [-0.39, 0.29) is 6.04 Å². The molecule has 0 bridgehead atoms. The van der Waals surface area contributed by atoms with E-state index in [1.807, 2.05) is 6.92 Å². The predicted molar refractivity (Wildman–Crippen MR) is 68.8 cm³/mol. The zero-order valence-electron chi connectivity index (χ0n) is 10.4. The average molecular weight is 268 g/mol. The van der Waals surface area contributed by atoms with Gasteiger partial charge >= 0.3 is 0 Å². The SMILES string of the molecule is CNC(c1ccc(C)c(F)c1F)c1scnc1C. The second kappa shape index (κ2) is 5.12. The van der Waals surface area contributed by atoms with Crippen molar-refractivity contribution in [3.05, 3.63) is 51.0 Å². The average Bonchev–Trinajstić information content (AvgIpc) is 2.77. The van der Waals surface area contributed by atoms with Gasteiger partial charge in [-0.25, -0.2) is 13.8 Å². The van der Waals surface area contributed by atoms with E-state index in [0.29, 0.717) is 11.1 Å². The molecule has 2 nitrogen and oxygen atoms in total. The Morgan fingerprint density at radius 1 is 1.22 bits per heavy atom. The zero-order valence-corrected chi connectivity index (χ0v) is 11.2. The standard InChI is InChI=1S/C13H14F2N2S/c1-7-4-5-9(11(15)10(7)14)12(16-3)13-8(2)17-6-18-13/h4-6,12,16H,1-3H3. The molecule has 1 N–H and O–H groups in total. The van der Waals surface area contributed by atoms with Crippen molar-refractivity contribution in [1.82, 2.24) is 10.3 Å². The minimum atomic E-state index is -0.790. The number of nitrogens with one attached hydrogen (secondary N) is 1. The number of aromatic nitrogens is 1. The van der Waals surface area contributed by atoms with Crippen LogP contribution in [0.4, 0.5) is 8.78 Å². The van der Waals surface area contributed by atoms with Crippen molar-refractivity contribution in [2.75, 3.05) is 7.05 Å². The zero-order chi connectivity index (χ0) is 13.3. The number of aryl methyl sites for hydroxylation is 2. The monoisotopic (exact) mass is 268 g/mol. The molecule has 1 atom stereocenters. The van der Waals surface area contributed by atoms with E-state index in [1.165, 1.54) is 11.3 Å². The lowest BCUT2D eigenvalue weighted by Crippen LogP contribution is -2.19. The van der Waals surface area contributed by atoms with E-state index in [9.17, 15) is 8.78 Å². The molecule has 0 saturated carbocycles. The quantitative estimate of drug-likeness (QED) is 0.923. The highest BCUT2D eigenvalue weighted by Crippen LogP contribution is 2.30. The Kier molecular flexibility index (Phi) is 3.73. The molecule has 1 aromatic carbocycles. The van der Waals surface area contributed by atoms with E-state index in [4.69, 9.17) is 0 Å². The summed E-state index contributed by atoms with van der Waals surface area (Å²) in [5.41, 5.74) is 3.16. The van der Waals surface area contributed by atoms with Crippen LogP contribution in [0.1, 0.15) is 27.7 Å². The third-order valence-electron chi connectivity index (χ3n) is 2.95. The summed E-state index contributed by atoms with van der Waals surface area (Å²) in [6, 6.07) is 2.84. The van der Waals surface area contributed by atoms with E-state index in [1.54, 1.807) is 31.6 Å². The maximum atomic E-state index is 14.0. The van der Waals surface area contributed by atoms with Gasteiger partial charge in [-0.2, -0.15) is 0 Å². The maximum Gasteiger partial charge on any atom is 0.164 e. The molecule has 1 heterocycles. The summed E-state index contributed by atoms with van der Waals surface area (Å²) in [6.07, 6.45) is 0. The summed E-state index contributed by atoms with van der Waals surface area (Å²) in [4.78, 5) is 5.05. The topological polar surface area (TPSA) is 24.9 Å². The maximum absolute atomic E-state index is 14.0. The van der Waals surface area contributed by atoms with E-state index >= 15 is 0 Å². The Morgan fingerprint density at radius 3 is 2.50 bits per heavy atom. The number of halogens is 2. The molecule has 1 aromatic heterocycles. The van der Waals surface area contributed by atoms with Crippen LogP contribution in [0.2, 0.25) is 0 Å². The molecule has 2 rings (SSSR count). The number of nitrogens with zero attached hydrogens (tertiary/aromatic N) is 1. The van der Waals surface area contributed by atoms with Gasteiger partial charge in [0.2, 0.25) is 0 Å². The molecule has 1 unspecified atom stereocenters. The molecular weight excluding hydrogens is 254 g/mol. The molecule has 0 amide bonds. The highest BCUT2D eigenvalue weighted by atomic mass is 32.1. The molecule has 0 fully saturated rings. The number of hydrogen-bond acceptors (Lipinski definition) is 3. The van der Waals surface area contributed by atoms with Gasteiger partial charge in [-0.15, -0.1) is 11.3 Å². The second-order valence-electron chi connectivity index (χ2n) is 4.12. The summed E-state index contributed by atoms with van der Waals surface area (Å²) < 4.78 is 27.6. The fraction of sp³-hybridized carbons (Fsp3) is 0.308. The lowest BCUT2D eigenvalue weighted by molar-refractivity contribution is 0.483. The van der Waals surface area contributed by atoms with Gasteiger partial charge in [-0.1, -0.05) is 12.1 Å². The highest BCUT2D eigenvalue weighted by molar-refractivity contribution is 7.09. The largest absolute Gasteiger partial charge is 0.309 e. The van der Waals surface area contributed by atoms with Crippen LogP contribution in [0, 0.1) is 25.5 Å². The molecule has 96 valence electrons. The van der Waals surface area contributed by atoms with Crippen molar-refractivity contribution < 1.29 is 8.78 Å². The van der Waals surface area contributed by atoms with Gasteiger partial charge < -0.3 is 5.32 Å². The minimum absolute atomic E-state index is 0.312. The molecular formula is C13H14F2N2S. The fourth-order valence-electron chi connectivity index (χ4n) is 1.90. The van der Waals surface area contributed by atoms with Gasteiger partial charge in [-0.05, 0) is 26.5 Å². The summed E-state index contributed by atoms with van der Waals surface area (Å²) >= 11 is 1.43. The summed E-state index contributed by atoms with van der Waals surface area (Å²) in [5, 5.41) is 3.01. The van der Waals surface area contributed by atoms with Gasteiger partial charge in [0.25, 0.3) is 0 Å². The van der Waals surface area contributed by atoms with Crippen molar-refractivity contribution in [3.63, 3.8) is 0 Å². The van der Waals surface area contributed by atoms with Crippen molar-refractivity contribution in [1.29, 1.82) is 0 Å². The number of benzene rings is 1. The first-order chi connectivity index (χ1) is 8.56. The molecule has 2 aromatic rings. The Morgan fingerprint density at radius 2 is 1.94 bits per heavy atom. The lowest BCUT2D eigenvalue weighted by atomic mass is 10.0. The Hall–Kier alpha value is -1.33. The predicted octanol–water partition coefficient (Wildman–Crippen LogP) is 3.35. The van der Waals surface area contributed by atoms with Crippen LogP contribution >= 0.6 is 11.3 Å². The van der Waals surface area contributed by atoms with Gasteiger partial charge in [-0.3, -0.25) is 0 Å². The lowest BCUT2D eigenvalue weighted by Gasteiger charge is -2.17. The van der Waals surface area contributed by atoms with Crippen LogP contribution in [0.3, 0.4) is 0 Å². The molecule has 0 saturated heterocycles. The second-order valence-corrected chi connectivity index (χ2v) is 5.01. The van der Waals surface area contributed by atoms with Crippen molar-refractivity contribution >= 4 is 11.3 Å². The Labute approximate surface area is 109 Å². The number of rotatable bonds is 3. The van der Waals surface area contributed by atoms with Crippen molar-refractivity contribution in [2.45, 2.75) is 19.9 Å². The number of thiazole rings is 1. The van der Waals surface area contributed by atoms with Gasteiger partial charge in [0, 0.05) is 10.4 Å². The smallest absolute Gasteiger partial charge is 0.164 e. The normalized spacial score (nSPS) is 12.7. The number of hydrogen-bond donors (Lipinski definition) is 1. The highest BCUT2D eigenvalue weighted by Gasteiger charge is 2.22. The van der Waals surface area contributed by atoms with Crippen LogP contribution in [0.25, 0.3) is 0 Å². The van der Waals surface area contributed by atoms with E-state index in [0.717, 1.165) is 10.6 Å². The van der Waals surface area contributed by atoms with Crippen LogP contribution in [0.5, 0.6) is 0 Å². The molecule has 0 spiro atoms. The van der Waals surface area contributed by atoms with E-state index in [2.05, 4.69) is 10.3 Å². The first-order valence-electron chi connectivity index (χ1n) is 5.58. The summed E-state index contributed by atoms with van der Waals surface area (Å²) in [5.74, 6) is -1.57. The third kappa shape index (κ3) is 2.15. The van der Waals surface area contributed by atoms with Gasteiger partial charge in [0.15, 0.2) is 11.6 Å². The molecule has 18 heavy (non-hydrogen) atoms. The van der Waals surface area contributed by atoms with Gasteiger partial charge in [0.05, 0.1) is 17.2 Å². The van der Waals surface area contributed by atoms with Gasteiger partial charge in [0.1, 0.15) is 0 Å². The minimum Gasteiger partial charge on any atom is -0.309 e. The fourth-order valence-corrected chi connectivity index (χ4v) is 2.83. The molecule has 0 aliphatic heterocycles. The van der Waals surface area contributed by atoms with E-state index < -0.39 is 11.6 Å². The van der Waals surface area contributed by atoms with Crippen LogP contribution in [-0.4, -0.2) is 12.0 Å². The molecule has 0 radical (unpaired) electrons. The molecule has 0 aliphatic rings. The van der Waals surface area contributed by atoms with Crippen LogP contribution in [0.15, 0.2) is 17.6 Å². The third-order valence-corrected chi connectivity index (χ3v) is 3.95. The first-order valence-corrected chi connectivity index (χ1v) is 6.46. The Bertz CT molecular complexity index is 566. The first kappa shape index (κ1) is 13.1. The van der Waals surface area contributed by atoms with Crippen LogP contribution < -0.4 is 5.32 Å².